The van der Waals surface area contributed by atoms with E-state index >= 15 is 0 Å². The summed E-state index contributed by atoms with van der Waals surface area (Å²) in [5.41, 5.74) is 1.61. The average molecular weight is 673 g/mol. The zero-order valence-corrected chi connectivity index (χ0v) is 27.2. The Hall–Kier alpha value is -3.56. The molecule has 0 fully saturated rings. The molecular weight excluding hydrogens is 641 g/mol. The van der Waals surface area contributed by atoms with Crippen molar-refractivity contribution in [3.8, 4) is 0 Å². The minimum atomic E-state index is -4.27. The third-order valence-electron chi connectivity index (χ3n) is 6.69. The predicted molar refractivity (Wildman–Crippen MR) is 177 cm³/mol. The quantitative estimate of drug-likeness (QED) is 0.176. The number of carbonyl (C=O) groups is 2. The van der Waals surface area contributed by atoms with Gasteiger partial charge in [-0.15, -0.1) is 0 Å². The first-order valence-electron chi connectivity index (χ1n) is 13.9. The molecule has 44 heavy (non-hydrogen) atoms. The van der Waals surface area contributed by atoms with E-state index in [0.717, 1.165) is 9.87 Å². The second kappa shape index (κ2) is 14.9. The van der Waals surface area contributed by atoms with E-state index in [1.165, 1.54) is 35.2 Å². The molecule has 1 unspecified atom stereocenters. The van der Waals surface area contributed by atoms with Gasteiger partial charge < -0.3 is 10.2 Å². The lowest BCUT2D eigenvalue weighted by molar-refractivity contribution is -0.140. The maximum Gasteiger partial charge on any atom is 0.264 e. The molecule has 11 heteroatoms. The highest BCUT2D eigenvalue weighted by atomic mass is 35.5. The van der Waals surface area contributed by atoms with Gasteiger partial charge in [0.05, 0.1) is 10.6 Å². The molecule has 0 bridgehead atoms. The van der Waals surface area contributed by atoms with Crippen LogP contribution in [0.25, 0.3) is 0 Å². The average Bonchev–Trinajstić information content (AvgIpc) is 2.97. The number of anilines is 1. The van der Waals surface area contributed by atoms with E-state index in [9.17, 15) is 18.0 Å². The van der Waals surface area contributed by atoms with Gasteiger partial charge in [0.1, 0.15) is 12.6 Å². The smallest absolute Gasteiger partial charge is 0.264 e. The van der Waals surface area contributed by atoms with Crippen LogP contribution in [0.3, 0.4) is 0 Å². The maximum atomic E-state index is 14.4. The fourth-order valence-corrected chi connectivity index (χ4v) is 6.84. The first-order valence-corrected chi connectivity index (χ1v) is 16.4. The molecule has 1 N–H and O–H groups in total. The third-order valence-corrected chi connectivity index (χ3v) is 9.15. The van der Waals surface area contributed by atoms with E-state index < -0.39 is 28.5 Å². The number of sulfonamides is 1. The summed E-state index contributed by atoms with van der Waals surface area (Å²) in [5, 5.41) is 3.78. The lowest BCUT2D eigenvalue weighted by Gasteiger charge is -2.34. The van der Waals surface area contributed by atoms with Crippen molar-refractivity contribution in [1.29, 1.82) is 0 Å². The highest BCUT2D eigenvalue weighted by Gasteiger charge is 2.35. The van der Waals surface area contributed by atoms with Gasteiger partial charge in [-0.25, -0.2) is 8.42 Å². The third kappa shape index (κ3) is 8.76. The summed E-state index contributed by atoms with van der Waals surface area (Å²) in [7, 11) is -4.27. The van der Waals surface area contributed by atoms with Gasteiger partial charge in [0, 0.05) is 34.1 Å². The van der Waals surface area contributed by atoms with Crippen LogP contribution in [0, 0.1) is 0 Å². The molecule has 0 saturated heterocycles. The number of nitrogens with zero attached hydrogens (tertiary/aromatic N) is 2. The number of hydrogen-bond donors (Lipinski definition) is 1. The Morgan fingerprint density at radius 3 is 1.93 bits per heavy atom. The number of halogens is 3. The van der Waals surface area contributed by atoms with E-state index in [0.29, 0.717) is 10.6 Å². The zero-order chi connectivity index (χ0) is 31.9. The van der Waals surface area contributed by atoms with Crippen molar-refractivity contribution < 1.29 is 18.0 Å². The standard InChI is InChI=1S/C33H32Cl3N3O4S/c1-23(2)37-33(41)31(17-24-10-5-3-6-11-24)38(21-25-12-9-13-26(34)16-25)32(40)22-39(29-19-27(35)18-28(36)20-29)44(42,43)30-14-7-4-8-15-30/h3-16,18-20,23,31H,17,21-22H2,1-2H3,(H,37,41). The Balaban J connectivity index is 1.82. The number of benzene rings is 4. The van der Waals surface area contributed by atoms with Gasteiger partial charge in [0.2, 0.25) is 11.8 Å². The first-order chi connectivity index (χ1) is 20.9. The van der Waals surface area contributed by atoms with Crippen molar-refractivity contribution in [3.63, 3.8) is 0 Å². The van der Waals surface area contributed by atoms with E-state index in [1.54, 1.807) is 42.5 Å². The summed E-state index contributed by atoms with van der Waals surface area (Å²) < 4.78 is 29.0. The Morgan fingerprint density at radius 1 is 0.750 bits per heavy atom. The number of rotatable bonds is 12. The van der Waals surface area contributed by atoms with Crippen molar-refractivity contribution in [1.82, 2.24) is 10.2 Å². The molecule has 0 spiro atoms. The predicted octanol–water partition coefficient (Wildman–Crippen LogP) is 7.01. The van der Waals surface area contributed by atoms with Crippen LogP contribution in [-0.2, 0) is 32.6 Å². The van der Waals surface area contributed by atoms with Gasteiger partial charge in [0.15, 0.2) is 0 Å². The lowest BCUT2D eigenvalue weighted by atomic mass is 10.0. The molecule has 230 valence electrons. The summed E-state index contributed by atoms with van der Waals surface area (Å²) in [4.78, 5) is 29.5. The molecule has 0 aromatic heterocycles. The van der Waals surface area contributed by atoms with Crippen molar-refractivity contribution in [3.05, 3.63) is 129 Å². The van der Waals surface area contributed by atoms with E-state index in [4.69, 9.17) is 34.8 Å². The fraction of sp³-hybridized carbons (Fsp3) is 0.212. The normalized spacial score (nSPS) is 12.0. The van der Waals surface area contributed by atoms with Crippen LogP contribution in [0.4, 0.5) is 5.69 Å². The summed E-state index contributed by atoms with van der Waals surface area (Å²) >= 11 is 18.8. The fourth-order valence-electron chi connectivity index (χ4n) is 4.70. The number of carbonyl (C=O) groups excluding carboxylic acids is 2. The maximum absolute atomic E-state index is 14.4. The van der Waals surface area contributed by atoms with Gasteiger partial charge in [-0.05, 0) is 67.4 Å². The van der Waals surface area contributed by atoms with Crippen molar-refractivity contribution >= 4 is 62.3 Å². The topological polar surface area (TPSA) is 86.8 Å². The SMILES string of the molecule is CC(C)NC(=O)C(Cc1ccccc1)N(Cc1cccc(Cl)c1)C(=O)CN(c1cc(Cl)cc(Cl)c1)S(=O)(=O)c1ccccc1. The van der Waals surface area contributed by atoms with Gasteiger partial charge in [-0.1, -0.05) is 95.5 Å². The van der Waals surface area contributed by atoms with Gasteiger partial charge in [0.25, 0.3) is 10.0 Å². The van der Waals surface area contributed by atoms with E-state index in [-0.39, 0.29) is 45.5 Å². The number of hydrogen-bond acceptors (Lipinski definition) is 4. The Bertz CT molecular complexity index is 1680. The summed E-state index contributed by atoms with van der Waals surface area (Å²) in [6.07, 6.45) is 0.195. The molecule has 0 aliphatic heterocycles. The molecule has 4 rings (SSSR count). The summed E-state index contributed by atoms with van der Waals surface area (Å²) in [5.74, 6) is -0.983. The van der Waals surface area contributed by atoms with Crippen molar-refractivity contribution in [2.24, 2.45) is 0 Å². The second-order valence-corrected chi connectivity index (χ2v) is 13.6. The molecule has 0 aliphatic rings. The molecule has 0 saturated carbocycles. The Kier molecular flexibility index (Phi) is 11.3. The molecule has 4 aromatic carbocycles. The molecule has 0 heterocycles. The molecule has 0 aliphatic carbocycles. The second-order valence-electron chi connectivity index (χ2n) is 10.5. The van der Waals surface area contributed by atoms with Crippen LogP contribution in [0.1, 0.15) is 25.0 Å². The van der Waals surface area contributed by atoms with Crippen LogP contribution in [0.15, 0.2) is 108 Å². The van der Waals surface area contributed by atoms with Crippen molar-refractivity contribution in [2.45, 2.75) is 43.8 Å². The molecular formula is C33H32Cl3N3O4S. The lowest BCUT2D eigenvalue weighted by Crippen LogP contribution is -2.54. The summed E-state index contributed by atoms with van der Waals surface area (Å²) in [6.45, 7) is 3.03. The molecule has 0 radical (unpaired) electrons. The van der Waals surface area contributed by atoms with E-state index in [1.807, 2.05) is 44.2 Å². The number of amides is 2. The summed E-state index contributed by atoms with van der Waals surface area (Å²) in [6, 6.07) is 27.2. The van der Waals surface area contributed by atoms with Gasteiger partial charge >= 0.3 is 0 Å². The monoisotopic (exact) mass is 671 g/mol. The van der Waals surface area contributed by atoms with Crippen LogP contribution >= 0.6 is 34.8 Å². The van der Waals surface area contributed by atoms with E-state index in [2.05, 4.69) is 5.32 Å². The van der Waals surface area contributed by atoms with Crippen LogP contribution in [0.2, 0.25) is 15.1 Å². The highest BCUT2D eigenvalue weighted by Crippen LogP contribution is 2.30. The zero-order valence-electron chi connectivity index (χ0n) is 24.2. The molecule has 7 nitrogen and oxygen atoms in total. The van der Waals surface area contributed by atoms with Crippen LogP contribution < -0.4 is 9.62 Å². The van der Waals surface area contributed by atoms with Crippen LogP contribution in [0.5, 0.6) is 0 Å². The Morgan fingerprint density at radius 2 is 1.34 bits per heavy atom. The van der Waals surface area contributed by atoms with Crippen LogP contribution in [-0.4, -0.2) is 43.8 Å². The first kappa shape index (κ1) is 33.3. The molecule has 4 aromatic rings. The largest absolute Gasteiger partial charge is 0.352 e. The highest BCUT2D eigenvalue weighted by molar-refractivity contribution is 7.92. The number of nitrogens with one attached hydrogen (secondary N) is 1. The van der Waals surface area contributed by atoms with Gasteiger partial charge in [-0.3, -0.25) is 13.9 Å². The van der Waals surface area contributed by atoms with Crippen molar-refractivity contribution in [2.75, 3.05) is 10.8 Å². The minimum absolute atomic E-state index is 0.00205. The minimum Gasteiger partial charge on any atom is -0.352 e. The molecule has 2 amide bonds. The Labute approximate surface area is 273 Å². The van der Waals surface area contributed by atoms with Gasteiger partial charge in [-0.2, -0.15) is 0 Å². The molecule has 1 atom stereocenters.